The molecule has 12 nitrogen and oxygen atoms in total. The summed E-state index contributed by atoms with van der Waals surface area (Å²) in [5.41, 5.74) is 1.17. The summed E-state index contributed by atoms with van der Waals surface area (Å²) in [4.78, 5) is 70.7. The van der Waals surface area contributed by atoms with Crippen molar-refractivity contribution in [2.75, 3.05) is 37.0 Å². The molecule has 2 amide bonds. The van der Waals surface area contributed by atoms with Crippen LogP contribution in [-0.4, -0.2) is 76.6 Å². The van der Waals surface area contributed by atoms with E-state index >= 15 is 0 Å². The molecule has 1 N–H and O–H groups in total. The number of piperazine rings is 1. The Morgan fingerprint density at radius 2 is 1.62 bits per heavy atom. The summed E-state index contributed by atoms with van der Waals surface area (Å²) in [6.45, 7) is 12.4. The molecule has 0 aliphatic carbocycles. The number of hydrogen-bond acceptors (Lipinski definition) is 9. The summed E-state index contributed by atoms with van der Waals surface area (Å²) in [6, 6.07) is 18.6. The van der Waals surface area contributed by atoms with E-state index in [4.69, 9.17) is 21.1 Å². The fraction of sp³-hybridized carbons (Fsp3) is 0.350. The number of nitrogens with one attached hydrogen (secondary N) is 1. The van der Waals surface area contributed by atoms with Gasteiger partial charge in [-0.05, 0) is 95.1 Å². The van der Waals surface area contributed by atoms with Crippen LogP contribution in [0, 0.1) is 0 Å². The molecule has 1 atom stereocenters. The summed E-state index contributed by atoms with van der Waals surface area (Å²) < 4.78 is 12.2. The maximum absolute atomic E-state index is 14.3. The van der Waals surface area contributed by atoms with Crippen LogP contribution >= 0.6 is 11.6 Å². The van der Waals surface area contributed by atoms with Crippen molar-refractivity contribution in [3.63, 3.8) is 0 Å². The van der Waals surface area contributed by atoms with Crippen molar-refractivity contribution in [2.45, 2.75) is 65.6 Å². The van der Waals surface area contributed by atoms with Gasteiger partial charge >= 0.3 is 5.97 Å². The number of carbonyl (C=O) groups excluding carboxylic acids is 4. The van der Waals surface area contributed by atoms with Crippen LogP contribution in [-0.2, 0) is 20.7 Å². The Morgan fingerprint density at radius 1 is 0.925 bits per heavy atom. The van der Waals surface area contributed by atoms with E-state index in [0.717, 1.165) is 16.9 Å². The Bertz CT molecular complexity index is 2090. The molecule has 0 saturated carbocycles. The lowest BCUT2D eigenvalue weighted by Gasteiger charge is -2.36. The zero-order valence-electron chi connectivity index (χ0n) is 30.9. The topological polar surface area (TPSA) is 140 Å². The minimum atomic E-state index is -1.24. The van der Waals surface area contributed by atoms with E-state index in [1.807, 2.05) is 12.1 Å². The van der Waals surface area contributed by atoms with Gasteiger partial charge in [0.1, 0.15) is 11.6 Å². The number of hydrogen-bond donors (Lipinski definition) is 1. The minimum absolute atomic E-state index is 0.00105. The minimum Gasteiger partial charge on any atom is -0.480 e. The fourth-order valence-electron chi connectivity index (χ4n) is 6.12. The molecule has 53 heavy (non-hydrogen) atoms. The predicted molar refractivity (Wildman–Crippen MR) is 204 cm³/mol. The van der Waals surface area contributed by atoms with E-state index in [1.54, 1.807) is 80.3 Å². The van der Waals surface area contributed by atoms with Crippen LogP contribution in [0.15, 0.2) is 77.6 Å². The Hall–Kier alpha value is -5.33. The molecule has 1 aromatic heterocycles. The Balaban J connectivity index is 1.54. The molecular weight excluding hydrogens is 698 g/mol. The largest absolute Gasteiger partial charge is 0.480 e. The highest BCUT2D eigenvalue weighted by atomic mass is 35.5. The lowest BCUT2D eigenvalue weighted by Crippen LogP contribution is -2.52. The average molecular weight is 742 g/mol. The number of amides is 2. The van der Waals surface area contributed by atoms with E-state index in [0.29, 0.717) is 34.8 Å². The predicted octanol–water partition coefficient (Wildman–Crippen LogP) is 6.21. The lowest BCUT2D eigenvalue weighted by atomic mass is 9.98. The molecule has 3 aromatic carbocycles. The molecule has 13 heteroatoms. The lowest BCUT2D eigenvalue weighted by molar-refractivity contribution is -0.122. The maximum Gasteiger partial charge on any atom is 0.340 e. The molecule has 1 unspecified atom stereocenters. The highest BCUT2D eigenvalue weighted by molar-refractivity contribution is 6.31. The molecule has 0 bridgehead atoms. The van der Waals surface area contributed by atoms with Crippen molar-refractivity contribution in [1.82, 2.24) is 14.7 Å². The third-order valence-electron chi connectivity index (χ3n) is 8.83. The van der Waals surface area contributed by atoms with Gasteiger partial charge in [0.15, 0.2) is 5.78 Å². The summed E-state index contributed by atoms with van der Waals surface area (Å²) >= 11 is 6.29. The SMILES string of the molecule is COc1nn(C(Cc2ccc(N3CCN(C(C)C)CC3=O)cc2)C(=O)Nc2ccccc2C(=O)OC(C)(C)C)c(=O)cc1-c1cc(Cl)ccc1C(C)=O. The third kappa shape index (κ3) is 9.19. The van der Waals surface area contributed by atoms with Gasteiger partial charge in [-0.1, -0.05) is 35.9 Å². The first kappa shape index (κ1) is 38.9. The quantitative estimate of drug-likeness (QED) is 0.140. The highest BCUT2D eigenvalue weighted by Crippen LogP contribution is 2.33. The van der Waals surface area contributed by atoms with Crippen LogP contribution in [0.4, 0.5) is 11.4 Å². The molecule has 0 spiro atoms. The molecule has 0 radical (unpaired) electrons. The second-order valence-corrected chi connectivity index (χ2v) is 14.6. The number of halogens is 1. The maximum atomic E-state index is 14.3. The fourth-order valence-corrected chi connectivity index (χ4v) is 6.29. The van der Waals surface area contributed by atoms with Crippen molar-refractivity contribution in [3.8, 4) is 17.0 Å². The normalized spacial score (nSPS) is 14.2. The van der Waals surface area contributed by atoms with Gasteiger partial charge in [0.2, 0.25) is 17.7 Å². The van der Waals surface area contributed by atoms with Gasteiger partial charge in [0.25, 0.3) is 5.56 Å². The first-order valence-electron chi connectivity index (χ1n) is 17.3. The van der Waals surface area contributed by atoms with Crippen LogP contribution in [0.25, 0.3) is 11.1 Å². The summed E-state index contributed by atoms with van der Waals surface area (Å²) in [5, 5.41) is 7.66. The van der Waals surface area contributed by atoms with Gasteiger partial charge in [0.05, 0.1) is 30.5 Å². The molecule has 2 heterocycles. The van der Waals surface area contributed by atoms with Crippen LogP contribution in [0.5, 0.6) is 5.88 Å². The molecular formula is C40H44ClN5O7. The Morgan fingerprint density at radius 3 is 2.25 bits per heavy atom. The summed E-state index contributed by atoms with van der Waals surface area (Å²) in [7, 11) is 1.37. The number of rotatable bonds is 11. The number of anilines is 2. The molecule has 4 aromatic rings. The third-order valence-corrected chi connectivity index (χ3v) is 9.06. The van der Waals surface area contributed by atoms with Gasteiger partial charge in [-0.15, -0.1) is 5.10 Å². The number of carbonyl (C=O) groups is 4. The van der Waals surface area contributed by atoms with Gasteiger partial charge in [0, 0.05) is 47.9 Å². The average Bonchev–Trinajstić information content (AvgIpc) is 3.10. The van der Waals surface area contributed by atoms with E-state index in [2.05, 4.69) is 29.2 Å². The first-order chi connectivity index (χ1) is 25.1. The standard InChI is InChI=1S/C40H44ClN5O7/c1-24(2)44-18-19-45(36(49)23-44)28-15-12-26(13-16-28)20-34(37(50)42-33-11-9-8-10-30(33)39(51)53-40(4,5)6)46-35(48)22-32(38(43-46)52-7)31-21-27(41)14-17-29(31)25(3)47/h8-17,21-22,24,34H,18-20,23H2,1-7H3,(H,42,50). The van der Waals surface area contributed by atoms with Crippen molar-refractivity contribution < 1.29 is 28.7 Å². The van der Waals surface area contributed by atoms with Crippen molar-refractivity contribution in [3.05, 3.63) is 105 Å². The van der Waals surface area contributed by atoms with E-state index < -0.39 is 29.1 Å². The summed E-state index contributed by atoms with van der Waals surface area (Å²) in [5.74, 6) is -1.55. The van der Waals surface area contributed by atoms with Gasteiger partial charge < -0.3 is 19.7 Å². The van der Waals surface area contributed by atoms with Crippen molar-refractivity contribution in [2.24, 2.45) is 0 Å². The second kappa shape index (κ2) is 16.1. The van der Waals surface area contributed by atoms with Crippen LogP contribution < -0.4 is 20.5 Å². The molecule has 1 aliphatic rings. The number of ketones is 1. The van der Waals surface area contributed by atoms with E-state index in [9.17, 15) is 24.0 Å². The highest BCUT2D eigenvalue weighted by Gasteiger charge is 2.30. The number of benzene rings is 3. The molecule has 1 fully saturated rings. The Kier molecular flexibility index (Phi) is 11.8. The van der Waals surface area contributed by atoms with Crippen LogP contribution in [0.3, 0.4) is 0 Å². The molecule has 1 saturated heterocycles. The zero-order valence-corrected chi connectivity index (χ0v) is 31.7. The molecule has 1 aliphatic heterocycles. The molecule has 278 valence electrons. The number of nitrogens with zero attached hydrogens (tertiary/aromatic N) is 4. The van der Waals surface area contributed by atoms with E-state index in [-0.39, 0.29) is 46.8 Å². The molecule has 5 rings (SSSR count). The van der Waals surface area contributed by atoms with Gasteiger partial charge in [-0.2, -0.15) is 0 Å². The van der Waals surface area contributed by atoms with Crippen molar-refractivity contribution in [1.29, 1.82) is 0 Å². The summed E-state index contributed by atoms with van der Waals surface area (Å²) in [6.07, 6.45) is 0.00105. The Labute approximate surface area is 313 Å². The second-order valence-electron chi connectivity index (χ2n) is 14.1. The number of esters is 1. The number of para-hydroxylation sites is 1. The number of Topliss-reactive ketones (excluding diaryl/α,β-unsaturated/α-hetero) is 1. The zero-order chi connectivity index (χ0) is 38.6. The van der Waals surface area contributed by atoms with Crippen LogP contribution in [0.1, 0.15) is 73.9 Å². The number of methoxy groups -OCH3 is 1. The smallest absolute Gasteiger partial charge is 0.340 e. The van der Waals surface area contributed by atoms with Crippen molar-refractivity contribution >= 4 is 46.5 Å². The van der Waals surface area contributed by atoms with Crippen LogP contribution in [0.2, 0.25) is 5.02 Å². The van der Waals surface area contributed by atoms with Gasteiger partial charge in [-0.3, -0.25) is 24.1 Å². The van der Waals surface area contributed by atoms with E-state index in [1.165, 1.54) is 20.1 Å². The first-order valence-corrected chi connectivity index (χ1v) is 17.7. The number of aromatic nitrogens is 2. The monoisotopic (exact) mass is 741 g/mol. The number of ether oxygens (including phenoxy) is 2. The van der Waals surface area contributed by atoms with Gasteiger partial charge in [-0.25, -0.2) is 9.48 Å².